The molecule has 0 saturated heterocycles. The SMILES string of the molecule is CCOc1ccc(NC(=O)Nc2cc(O)c(O)c(O)c2)cc1. The Morgan fingerprint density at radius 1 is 1.00 bits per heavy atom. The molecule has 7 heteroatoms. The van der Waals surface area contributed by atoms with E-state index in [9.17, 15) is 20.1 Å². The molecule has 0 saturated carbocycles. The molecule has 5 N–H and O–H groups in total. The van der Waals surface area contributed by atoms with Gasteiger partial charge in [0.1, 0.15) is 5.75 Å². The van der Waals surface area contributed by atoms with Crippen molar-refractivity contribution in [2.45, 2.75) is 6.92 Å². The lowest BCUT2D eigenvalue weighted by atomic mass is 10.2. The average molecular weight is 304 g/mol. The van der Waals surface area contributed by atoms with Crippen molar-refractivity contribution in [2.75, 3.05) is 17.2 Å². The molecular weight excluding hydrogens is 288 g/mol. The molecule has 0 fully saturated rings. The standard InChI is InChI=1S/C15H16N2O5/c1-2-22-11-5-3-9(4-6-11)16-15(21)17-10-7-12(18)14(20)13(19)8-10/h3-8,18-20H,2H2,1H3,(H2,16,17,21). The summed E-state index contributed by atoms with van der Waals surface area (Å²) in [6.45, 7) is 2.43. The fourth-order valence-corrected chi connectivity index (χ4v) is 1.77. The molecule has 2 aromatic rings. The van der Waals surface area contributed by atoms with Crippen LogP contribution in [-0.4, -0.2) is 28.0 Å². The number of phenols is 3. The average Bonchev–Trinajstić information content (AvgIpc) is 2.47. The van der Waals surface area contributed by atoms with Crippen LogP contribution in [-0.2, 0) is 0 Å². The van der Waals surface area contributed by atoms with E-state index < -0.39 is 23.3 Å². The lowest BCUT2D eigenvalue weighted by Crippen LogP contribution is -2.19. The Hall–Kier alpha value is -3.09. The van der Waals surface area contributed by atoms with Crippen molar-refractivity contribution < 1.29 is 24.9 Å². The Kier molecular flexibility index (Phi) is 4.57. The van der Waals surface area contributed by atoms with Crippen molar-refractivity contribution in [1.82, 2.24) is 0 Å². The zero-order valence-electron chi connectivity index (χ0n) is 11.8. The Bertz CT molecular complexity index is 647. The minimum Gasteiger partial charge on any atom is -0.504 e. The fraction of sp³-hybridized carbons (Fsp3) is 0.133. The van der Waals surface area contributed by atoms with Gasteiger partial charge in [-0.05, 0) is 31.2 Å². The quantitative estimate of drug-likeness (QED) is 0.440. The molecule has 7 nitrogen and oxygen atoms in total. The maximum Gasteiger partial charge on any atom is 0.323 e. The summed E-state index contributed by atoms with van der Waals surface area (Å²) in [4.78, 5) is 11.8. The molecule has 2 amide bonds. The van der Waals surface area contributed by atoms with Crippen LogP contribution in [0.1, 0.15) is 6.92 Å². The first kappa shape index (κ1) is 15.3. The van der Waals surface area contributed by atoms with Crippen LogP contribution in [0.2, 0.25) is 0 Å². The van der Waals surface area contributed by atoms with Gasteiger partial charge in [0, 0.05) is 17.8 Å². The number of nitrogens with one attached hydrogen (secondary N) is 2. The van der Waals surface area contributed by atoms with Gasteiger partial charge < -0.3 is 30.7 Å². The van der Waals surface area contributed by atoms with Crippen LogP contribution >= 0.6 is 0 Å². The van der Waals surface area contributed by atoms with Gasteiger partial charge in [0.05, 0.1) is 12.3 Å². The first-order chi connectivity index (χ1) is 10.5. The molecule has 0 radical (unpaired) electrons. The van der Waals surface area contributed by atoms with Crippen molar-refractivity contribution in [2.24, 2.45) is 0 Å². The van der Waals surface area contributed by atoms with E-state index in [1.807, 2.05) is 6.92 Å². The summed E-state index contributed by atoms with van der Waals surface area (Å²) >= 11 is 0. The lowest BCUT2D eigenvalue weighted by Gasteiger charge is -2.10. The number of benzene rings is 2. The minimum absolute atomic E-state index is 0.135. The van der Waals surface area contributed by atoms with Crippen molar-refractivity contribution >= 4 is 17.4 Å². The van der Waals surface area contributed by atoms with E-state index in [0.717, 1.165) is 12.1 Å². The molecule has 116 valence electrons. The molecular formula is C15H16N2O5. The van der Waals surface area contributed by atoms with E-state index in [-0.39, 0.29) is 5.69 Å². The number of carbonyl (C=O) groups is 1. The summed E-state index contributed by atoms with van der Waals surface area (Å²) in [7, 11) is 0. The normalized spacial score (nSPS) is 10.0. The highest BCUT2D eigenvalue weighted by molar-refractivity contribution is 6.00. The van der Waals surface area contributed by atoms with Gasteiger partial charge in [0.15, 0.2) is 17.2 Å². The van der Waals surface area contributed by atoms with Crippen LogP contribution in [0.5, 0.6) is 23.0 Å². The zero-order valence-corrected chi connectivity index (χ0v) is 11.8. The summed E-state index contributed by atoms with van der Waals surface area (Å²) in [5, 5.41) is 33.0. The van der Waals surface area contributed by atoms with Gasteiger partial charge >= 0.3 is 6.03 Å². The smallest absolute Gasteiger partial charge is 0.323 e. The van der Waals surface area contributed by atoms with Crippen molar-refractivity contribution in [3.63, 3.8) is 0 Å². The third-order valence-corrected chi connectivity index (χ3v) is 2.75. The van der Waals surface area contributed by atoms with Crippen LogP contribution in [0.4, 0.5) is 16.2 Å². The Labute approximate surface area is 126 Å². The number of amides is 2. The number of hydrogen-bond acceptors (Lipinski definition) is 5. The third kappa shape index (κ3) is 3.72. The first-order valence-electron chi connectivity index (χ1n) is 6.55. The lowest BCUT2D eigenvalue weighted by molar-refractivity contribution is 0.262. The molecule has 0 aliphatic carbocycles. The van der Waals surface area contributed by atoms with Gasteiger partial charge in [-0.15, -0.1) is 0 Å². The van der Waals surface area contributed by atoms with Crippen molar-refractivity contribution in [1.29, 1.82) is 0 Å². The molecule has 0 atom stereocenters. The maximum absolute atomic E-state index is 11.8. The number of ether oxygens (including phenoxy) is 1. The molecule has 22 heavy (non-hydrogen) atoms. The molecule has 0 aliphatic rings. The number of urea groups is 1. The fourth-order valence-electron chi connectivity index (χ4n) is 1.77. The third-order valence-electron chi connectivity index (χ3n) is 2.75. The molecule has 0 bridgehead atoms. The Morgan fingerprint density at radius 2 is 1.55 bits per heavy atom. The maximum atomic E-state index is 11.8. The summed E-state index contributed by atoms with van der Waals surface area (Å²) in [5.74, 6) is -1.01. The molecule has 0 spiro atoms. The second kappa shape index (κ2) is 6.57. The highest BCUT2D eigenvalue weighted by atomic mass is 16.5. The van der Waals surface area contributed by atoms with Gasteiger partial charge in [-0.25, -0.2) is 4.79 Å². The number of hydrogen-bond donors (Lipinski definition) is 5. The summed E-state index contributed by atoms with van der Waals surface area (Å²) in [6.07, 6.45) is 0. The van der Waals surface area contributed by atoms with Crippen LogP contribution in [0.3, 0.4) is 0 Å². The monoisotopic (exact) mass is 304 g/mol. The Morgan fingerprint density at radius 3 is 2.09 bits per heavy atom. The van der Waals surface area contributed by atoms with Gasteiger partial charge in [0.25, 0.3) is 0 Å². The summed E-state index contributed by atoms with van der Waals surface area (Å²) < 4.78 is 5.29. The molecule has 0 aliphatic heterocycles. The molecule has 2 aromatic carbocycles. The van der Waals surface area contributed by atoms with Gasteiger partial charge in [-0.3, -0.25) is 0 Å². The topological polar surface area (TPSA) is 111 Å². The number of phenolic OH excluding ortho intramolecular Hbond substituents is 3. The first-order valence-corrected chi connectivity index (χ1v) is 6.55. The van der Waals surface area contributed by atoms with Crippen molar-refractivity contribution in [3.05, 3.63) is 36.4 Å². The highest BCUT2D eigenvalue weighted by Crippen LogP contribution is 2.37. The van der Waals surface area contributed by atoms with E-state index in [2.05, 4.69) is 10.6 Å². The van der Waals surface area contributed by atoms with Crippen LogP contribution < -0.4 is 15.4 Å². The number of aromatic hydroxyl groups is 3. The van der Waals surface area contributed by atoms with Gasteiger partial charge in [-0.1, -0.05) is 0 Å². The van der Waals surface area contributed by atoms with E-state index in [1.165, 1.54) is 0 Å². The molecule has 2 rings (SSSR count). The number of anilines is 2. The summed E-state index contributed by atoms with van der Waals surface area (Å²) in [5.41, 5.74) is 0.685. The highest BCUT2D eigenvalue weighted by Gasteiger charge is 2.10. The number of carbonyl (C=O) groups excluding carboxylic acids is 1. The molecule has 0 aromatic heterocycles. The Balaban J connectivity index is 2.01. The molecule has 0 unspecified atom stereocenters. The minimum atomic E-state index is -0.641. The van der Waals surface area contributed by atoms with E-state index >= 15 is 0 Å². The second-order valence-electron chi connectivity index (χ2n) is 4.40. The molecule has 0 heterocycles. The largest absolute Gasteiger partial charge is 0.504 e. The van der Waals surface area contributed by atoms with E-state index in [0.29, 0.717) is 18.0 Å². The van der Waals surface area contributed by atoms with Crippen LogP contribution in [0, 0.1) is 0 Å². The van der Waals surface area contributed by atoms with Gasteiger partial charge in [-0.2, -0.15) is 0 Å². The van der Waals surface area contributed by atoms with E-state index in [4.69, 9.17) is 4.74 Å². The number of rotatable bonds is 4. The predicted molar refractivity (Wildman–Crippen MR) is 81.7 cm³/mol. The predicted octanol–water partition coefficient (Wildman–Crippen LogP) is 2.85. The van der Waals surface area contributed by atoms with E-state index in [1.54, 1.807) is 24.3 Å². The summed E-state index contributed by atoms with van der Waals surface area (Å²) in [6, 6.07) is 8.47. The van der Waals surface area contributed by atoms with Crippen LogP contribution in [0.25, 0.3) is 0 Å². The second-order valence-corrected chi connectivity index (χ2v) is 4.40. The van der Waals surface area contributed by atoms with Gasteiger partial charge in [0.2, 0.25) is 0 Å². The van der Waals surface area contributed by atoms with Crippen LogP contribution in [0.15, 0.2) is 36.4 Å². The zero-order chi connectivity index (χ0) is 16.1. The van der Waals surface area contributed by atoms with Crippen molar-refractivity contribution in [3.8, 4) is 23.0 Å².